The van der Waals surface area contributed by atoms with Crippen LogP contribution in [-0.4, -0.2) is 43.9 Å². The summed E-state index contributed by atoms with van der Waals surface area (Å²) in [5.41, 5.74) is -2.45. The number of halogens is 4. The number of methoxy groups -OCH3 is 1. The molecule has 180 valence electrons. The summed E-state index contributed by atoms with van der Waals surface area (Å²) in [6, 6.07) is 7.04. The first kappa shape index (κ1) is 25.0. The fourth-order valence-electron chi connectivity index (χ4n) is 3.82. The summed E-state index contributed by atoms with van der Waals surface area (Å²) in [7, 11) is -2.71. The Morgan fingerprint density at radius 2 is 1.85 bits per heavy atom. The summed E-state index contributed by atoms with van der Waals surface area (Å²) in [5, 5.41) is 12.3. The lowest BCUT2D eigenvalue weighted by Crippen LogP contribution is -2.47. The summed E-state index contributed by atoms with van der Waals surface area (Å²) in [6.45, 7) is -0.193. The lowest BCUT2D eigenvalue weighted by Gasteiger charge is -2.35. The number of rotatable bonds is 6. The molecule has 0 spiro atoms. The number of ether oxygens (including phenoxy) is 1. The van der Waals surface area contributed by atoms with Gasteiger partial charge in [0.25, 0.3) is 5.91 Å². The molecule has 0 heterocycles. The van der Waals surface area contributed by atoms with Gasteiger partial charge in [0, 0.05) is 18.2 Å². The van der Waals surface area contributed by atoms with Crippen LogP contribution < -0.4 is 10.1 Å². The summed E-state index contributed by atoms with van der Waals surface area (Å²) >= 11 is 0. The van der Waals surface area contributed by atoms with Gasteiger partial charge in [-0.25, -0.2) is 12.8 Å². The number of sulfone groups is 1. The van der Waals surface area contributed by atoms with Gasteiger partial charge >= 0.3 is 6.18 Å². The molecule has 1 aliphatic rings. The summed E-state index contributed by atoms with van der Waals surface area (Å²) < 4.78 is 83.1. The lowest BCUT2D eigenvalue weighted by atomic mass is 9.84. The van der Waals surface area contributed by atoms with Crippen molar-refractivity contribution in [2.45, 2.75) is 47.6 Å². The number of carbonyl (C=O) groups is 1. The Hall–Kier alpha value is -2.66. The number of hydrogen-bond donors (Lipinski definition) is 2. The fourth-order valence-corrected chi connectivity index (χ4v) is 5.62. The number of nitrogens with one attached hydrogen (secondary N) is 1. The third-order valence-electron chi connectivity index (χ3n) is 5.74. The smallest absolute Gasteiger partial charge is 0.416 e. The van der Waals surface area contributed by atoms with Crippen LogP contribution in [0.2, 0.25) is 0 Å². The SMILES string of the molecule is COc1cc(F)cc(C(=O)NCC2(O)CCC(S(=O)(=O)c3cccc(C(F)(F)F)c3)CC2)c1. The van der Waals surface area contributed by atoms with Crippen molar-refractivity contribution < 1.29 is 40.6 Å². The highest BCUT2D eigenvalue weighted by Gasteiger charge is 2.40. The molecule has 0 saturated heterocycles. The third kappa shape index (κ3) is 5.83. The van der Waals surface area contributed by atoms with Crippen LogP contribution in [0.25, 0.3) is 0 Å². The normalized spacial score (nSPS) is 21.5. The zero-order valence-corrected chi connectivity index (χ0v) is 18.5. The van der Waals surface area contributed by atoms with Crippen molar-refractivity contribution in [3.63, 3.8) is 0 Å². The maximum atomic E-state index is 13.6. The molecule has 6 nitrogen and oxygen atoms in total. The average Bonchev–Trinajstić information content (AvgIpc) is 2.77. The minimum atomic E-state index is -4.66. The average molecular weight is 489 g/mol. The topological polar surface area (TPSA) is 92.7 Å². The first-order chi connectivity index (χ1) is 15.3. The zero-order chi connectivity index (χ0) is 24.4. The standard InChI is InChI=1S/C22H23F4NO5S/c1-32-17-10-14(9-16(23)12-17)20(28)27-13-21(29)7-5-18(6-8-21)33(30,31)19-4-2-3-15(11-19)22(24,25)26/h2-4,9-12,18,29H,5-8,13H2,1H3,(H,27,28). The van der Waals surface area contributed by atoms with E-state index in [1.54, 1.807) is 0 Å². The Labute approximate surface area is 188 Å². The van der Waals surface area contributed by atoms with E-state index < -0.39 is 49.0 Å². The molecule has 1 amide bonds. The number of alkyl halides is 3. The predicted octanol–water partition coefficient (Wildman–Crippen LogP) is 3.73. The maximum absolute atomic E-state index is 13.6. The Kier molecular flexibility index (Phi) is 7.04. The van der Waals surface area contributed by atoms with Gasteiger partial charge in [-0.05, 0) is 56.0 Å². The van der Waals surface area contributed by atoms with E-state index in [9.17, 15) is 35.9 Å². The van der Waals surface area contributed by atoms with E-state index in [-0.39, 0.29) is 43.5 Å². The van der Waals surface area contributed by atoms with Crippen molar-refractivity contribution in [1.29, 1.82) is 0 Å². The van der Waals surface area contributed by atoms with Gasteiger partial charge in [-0.15, -0.1) is 0 Å². The molecule has 2 N–H and O–H groups in total. The minimum Gasteiger partial charge on any atom is -0.497 e. The molecule has 0 radical (unpaired) electrons. The van der Waals surface area contributed by atoms with E-state index in [1.165, 1.54) is 13.2 Å². The Morgan fingerprint density at radius 1 is 1.18 bits per heavy atom. The molecule has 2 aromatic rings. The van der Waals surface area contributed by atoms with Gasteiger partial charge < -0.3 is 15.2 Å². The monoisotopic (exact) mass is 489 g/mol. The van der Waals surface area contributed by atoms with Crippen molar-refractivity contribution in [2.75, 3.05) is 13.7 Å². The Balaban J connectivity index is 1.64. The molecule has 0 bridgehead atoms. The number of carbonyl (C=O) groups excluding carboxylic acids is 1. The molecular weight excluding hydrogens is 466 g/mol. The summed E-state index contributed by atoms with van der Waals surface area (Å²) in [4.78, 5) is 11.9. The second-order valence-corrected chi connectivity index (χ2v) is 10.3. The van der Waals surface area contributed by atoms with Crippen LogP contribution in [0.3, 0.4) is 0 Å². The minimum absolute atomic E-state index is 0.00346. The zero-order valence-electron chi connectivity index (χ0n) is 17.7. The van der Waals surface area contributed by atoms with Gasteiger partial charge in [-0.3, -0.25) is 4.79 Å². The quantitative estimate of drug-likeness (QED) is 0.604. The molecule has 1 saturated carbocycles. The largest absolute Gasteiger partial charge is 0.497 e. The van der Waals surface area contributed by atoms with Crippen molar-refractivity contribution >= 4 is 15.7 Å². The van der Waals surface area contributed by atoms with Crippen LogP contribution >= 0.6 is 0 Å². The van der Waals surface area contributed by atoms with Crippen LogP contribution in [0.1, 0.15) is 41.6 Å². The highest BCUT2D eigenvalue weighted by atomic mass is 32.2. The maximum Gasteiger partial charge on any atom is 0.416 e. The van der Waals surface area contributed by atoms with Gasteiger partial charge in [0.1, 0.15) is 11.6 Å². The van der Waals surface area contributed by atoms with E-state index in [4.69, 9.17) is 4.74 Å². The van der Waals surface area contributed by atoms with Crippen LogP contribution in [0.15, 0.2) is 47.4 Å². The van der Waals surface area contributed by atoms with Crippen molar-refractivity contribution in [3.05, 3.63) is 59.4 Å². The molecular formula is C22H23F4NO5S. The second-order valence-electron chi connectivity index (χ2n) is 8.06. The molecule has 3 rings (SSSR count). The second kappa shape index (κ2) is 9.30. The van der Waals surface area contributed by atoms with Crippen molar-refractivity contribution in [1.82, 2.24) is 5.32 Å². The fraction of sp³-hybridized carbons (Fsp3) is 0.409. The number of benzene rings is 2. The van der Waals surface area contributed by atoms with Crippen molar-refractivity contribution in [2.24, 2.45) is 0 Å². The van der Waals surface area contributed by atoms with E-state index in [0.717, 1.165) is 30.3 Å². The molecule has 0 aromatic heterocycles. The molecule has 11 heteroatoms. The van der Waals surface area contributed by atoms with E-state index in [1.807, 2.05) is 0 Å². The lowest BCUT2D eigenvalue weighted by molar-refractivity contribution is -0.137. The van der Waals surface area contributed by atoms with Gasteiger partial charge in [-0.1, -0.05) is 6.07 Å². The van der Waals surface area contributed by atoms with Gasteiger partial charge in [-0.2, -0.15) is 13.2 Å². The predicted molar refractivity (Wildman–Crippen MR) is 111 cm³/mol. The van der Waals surface area contributed by atoms with Crippen LogP contribution in [-0.2, 0) is 16.0 Å². The number of hydrogen-bond acceptors (Lipinski definition) is 5. The third-order valence-corrected chi connectivity index (χ3v) is 8.00. The summed E-state index contributed by atoms with van der Waals surface area (Å²) in [6.07, 6.45) is -4.61. The van der Waals surface area contributed by atoms with Crippen LogP contribution in [0, 0.1) is 5.82 Å². The first-order valence-electron chi connectivity index (χ1n) is 10.1. The molecule has 33 heavy (non-hydrogen) atoms. The number of aliphatic hydroxyl groups is 1. The van der Waals surface area contributed by atoms with Gasteiger partial charge in [0.15, 0.2) is 9.84 Å². The molecule has 0 unspecified atom stereocenters. The Bertz CT molecular complexity index is 1130. The van der Waals surface area contributed by atoms with Crippen LogP contribution in [0.4, 0.5) is 17.6 Å². The van der Waals surface area contributed by atoms with Crippen molar-refractivity contribution in [3.8, 4) is 5.75 Å². The molecule has 2 aromatic carbocycles. The highest BCUT2D eigenvalue weighted by Crippen LogP contribution is 2.36. The molecule has 0 aliphatic heterocycles. The van der Waals surface area contributed by atoms with E-state index >= 15 is 0 Å². The number of amides is 1. The molecule has 0 atom stereocenters. The van der Waals surface area contributed by atoms with Gasteiger partial charge in [0.05, 0.1) is 28.4 Å². The molecule has 1 aliphatic carbocycles. The first-order valence-corrected chi connectivity index (χ1v) is 11.6. The Morgan fingerprint density at radius 3 is 2.45 bits per heavy atom. The summed E-state index contributed by atoms with van der Waals surface area (Å²) in [5.74, 6) is -1.15. The highest BCUT2D eigenvalue weighted by molar-refractivity contribution is 7.92. The van der Waals surface area contributed by atoms with Gasteiger partial charge in [0.2, 0.25) is 0 Å². The molecule has 1 fully saturated rings. The van der Waals surface area contributed by atoms with E-state index in [2.05, 4.69) is 5.32 Å². The van der Waals surface area contributed by atoms with E-state index in [0.29, 0.717) is 6.07 Å². The van der Waals surface area contributed by atoms with Crippen LogP contribution in [0.5, 0.6) is 5.75 Å².